The number of rotatable bonds is 5. The SMILES string of the molecule is O=C(c1cc(-c2ccc(F)cc2)n[nH]1)N1CCC[C@H](Cc2nc(-c3ccccc3F)no2)C1. The van der Waals surface area contributed by atoms with Crippen molar-refractivity contribution in [1.82, 2.24) is 25.2 Å². The van der Waals surface area contributed by atoms with Crippen molar-refractivity contribution >= 4 is 5.91 Å². The van der Waals surface area contributed by atoms with E-state index in [9.17, 15) is 13.6 Å². The first kappa shape index (κ1) is 21.0. The summed E-state index contributed by atoms with van der Waals surface area (Å²) in [6.45, 7) is 1.19. The van der Waals surface area contributed by atoms with Crippen LogP contribution in [0.3, 0.4) is 0 Å². The molecule has 168 valence electrons. The lowest BCUT2D eigenvalue weighted by Gasteiger charge is -2.31. The summed E-state index contributed by atoms with van der Waals surface area (Å²) in [6, 6.07) is 13.9. The molecule has 5 rings (SSSR count). The standard InChI is InChI=1S/C24H21F2N5O2/c25-17-9-7-16(8-10-17)20-13-21(29-28-20)24(32)31-11-3-4-15(14-31)12-22-27-23(30-33-22)18-5-1-2-6-19(18)26/h1-2,5-10,13,15H,3-4,11-12,14H2,(H,28,29)/t15-/m1/s1. The van der Waals surface area contributed by atoms with Crippen LogP contribution in [0.1, 0.15) is 29.2 Å². The summed E-state index contributed by atoms with van der Waals surface area (Å²) in [5.74, 6) is -0.0781. The number of hydrogen-bond acceptors (Lipinski definition) is 5. The van der Waals surface area contributed by atoms with Crippen LogP contribution in [0.25, 0.3) is 22.6 Å². The van der Waals surface area contributed by atoms with E-state index in [-0.39, 0.29) is 23.5 Å². The molecule has 1 fully saturated rings. The number of aromatic nitrogens is 4. The number of carbonyl (C=O) groups is 1. The van der Waals surface area contributed by atoms with Crippen molar-refractivity contribution in [1.29, 1.82) is 0 Å². The first-order valence-corrected chi connectivity index (χ1v) is 10.7. The molecule has 0 spiro atoms. The zero-order valence-electron chi connectivity index (χ0n) is 17.7. The molecule has 2 aromatic heterocycles. The lowest BCUT2D eigenvalue weighted by Crippen LogP contribution is -2.40. The molecule has 33 heavy (non-hydrogen) atoms. The Morgan fingerprint density at radius 2 is 1.97 bits per heavy atom. The van der Waals surface area contributed by atoms with E-state index in [1.807, 2.05) is 0 Å². The Labute approximate surface area is 188 Å². The van der Waals surface area contributed by atoms with Gasteiger partial charge in [0.15, 0.2) is 0 Å². The Morgan fingerprint density at radius 1 is 1.15 bits per heavy atom. The molecule has 0 unspecified atom stereocenters. The highest BCUT2D eigenvalue weighted by molar-refractivity contribution is 5.93. The van der Waals surface area contributed by atoms with E-state index in [1.54, 1.807) is 41.3 Å². The number of hydrogen-bond donors (Lipinski definition) is 1. The third kappa shape index (κ3) is 4.52. The Kier molecular flexibility index (Phi) is 5.68. The molecule has 1 atom stereocenters. The third-order valence-electron chi connectivity index (χ3n) is 5.80. The summed E-state index contributed by atoms with van der Waals surface area (Å²) in [6.07, 6.45) is 2.28. The number of nitrogens with one attached hydrogen (secondary N) is 1. The van der Waals surface area contributed by atoms with Crippen molar-refractivity contribution in [3.63, 3.8) is 0 Å². The normalized spacial score (nSPS) is 16.2. The van der Waals surface area contributed by atoms with Gasteiger partial charge in [0, 0.05) is 25.1 Å². The van der Waals surface area contributed by atoms with Crippen LogP contribution in [0.5, 0.6) is 0 Å². The van der Waals surface area contributed by atoms with E-state index in [0.29, 0.717) is 42.4 Å². The van der Waals surface area contributed by atoms with Crippen molar-refractivity contribution in [2.45, 2.75) is 19.3 Å². The largest absolute Gasteiger partial charge is 0.339 e. The average molecular weight is 449 g/mol. The second-order valence-corrected chi connectivity index (χ2v) is 8.13. The average Bonchev–Trinajstić information content (AvgIpc) is 3.50. The van der Waals surface area contributed by atoms with Gasteiger partial charge >= 0.3 is 0 Å². The van der Waals surface area contributed by atoms with Crippen LogP contribution in [0.15, 0.2) is 59.1 Å². The van der Waals surface area contributed by atoms with Gasteiger partial charge < -0.3 is 9.42 Å². The molecule has 1 aliphatic heterocycles. The maximum Gasteiger partial charge on any atom is 0.271 e. The van der Waals surface area contributed by atoms with E-state index < -0.39 is 5.82 Å². The fourth-order valence-corrected chi connectivity index (χ4v) is 4.12. The summed E-state index contributed by atoms with van der Waals surface area (Å²) >= 11 is 0. The molecular weight excluding hydrogens is 428 g/mol. The molecule has 1 aliphatic rings. The first-order valence-electron chi connectivity index (χ1n) is 10.7. The van der Waals surface area contributed by atoms with Gasteiger partial charge in [-0.1, -0.05) is 17.3 Å². The van der Waals surface area contributed by atoms with Gasteiger partial charge in [-0.15, -0.1) is 0 Å². The smallest absolute Gasteiger partial charge is 0.271 e. The lowest BCUT2D eigenvalue weighted by molar-refractivity contribution is 0.0662. The molecule has 0 saturated carbocycles. The Balaban J connectivity index is 1.24. The number of piperidine rings is 1. The quantitative estimate of drug-likeness (QED) is 0.485. The Morgan fingerprint density at radius 3 is 2.79 bits per heavy atom. The molecular formula is C24H21F2N5O2. The molecule has 0 radical (unpaired) electrons. The van der Waals surface area contributed by atoms with E-state index in [0.717, 1.165) is 18.4 Å². The van der Waals surface area contributed by atoms with Crippen molar-refractivity contribution in [3.05, 3.63) is 77.8 Å². The van der Waals surface area contributed by atoms with Gasteiger partial charge in [-0.25, -0.2) is 8.78 Å². The minimum absolute atomic E-state index is 0.141. The minimum atomic E-state index is -0.404. The van der Waals surface area contributed by atoms with Gasteiger partial charge in [-0.3, -0.25) is 9.89 Å². The Bertz CT molecular complexity index is 1270. The highest BCUT2D eigenvalue weighted by Gasteiger charge is 2.27. The topological polar surface area (TPSA) is 87.9 Å². The predicted molar refractivity (Wildman–Crippen MR) is 116 cm³/mol. The molecule has 0 aliphatic carbocycles. The van der Waals surface area contributed by atoms with Crippen LogP contribution in [0, 0.1) is 17.6 Å². The van der Waals surface area contributed by atoms with E-state index in [1.165, 1.54) is 18.2 Å². The van der Waals surface area contributed by atoms with Crippen molar-refractivity contribution in [2.24, 2.45) is 5.92 Å². The minimum Gasteiger partial charge on any atom is -0.339 e. The second kappa shape index (κ2) is 8.93. The van der Waals surface area contributed by atoms with Crippen LogP contribution < -0.4 is 0 Å². The molecule has 2 aromatic carbocycles. The number of aromatic amines is 1. The number of nitrogens with zero attached hydrogens (tertiary/aromatic N) is 4. The zero-order chi connectivity index (χ0) is 22.8. The number of H-pyrrole nitrogens is 1. The highest BCUT2D eigenvalue weighted by atomic mass is 19.1. The van der Waals surface area contributed by atoms with Crippen LogP contribution >= 0.6 is 0 Å². The molecule has 0 bridgehead atoms. The predicted octanol–water partition coefficient (Wildman–Crippen LogP) is 4.50. The zero-order valence-corrected chi connectivity index (χ0v) is 17.7. The third-order valence-corrected chi connectivity index (χ3v) is 5.80. The van der Waals surface area contributed by atoms with E-state index >= 15 is 0 Å². The second-order valence-electron chi connectivity index (χ2n) is 8.13. The summed E-state index contributed by atoms with van der Waals surface area (Å²) in [5, 5.41) is 10.9. The Hall–Kier alpha value is -3.88. The fourth-order valence-electron chi connectivity index (χ4n) is 4.12. The molecule has 4 aromatic rings. The maximum absolute atomic E-state index is 14.0. The van der Waals surface area contributed by atoms with Crippen molar-refractivity contribution < 1.29 is 18.1 Å². The summed E-state index contributed by atoms with van der Waals surface area (Å²) in [7, 11) is 0. The summed E-state index contributed by atoms with van der Waals surface area (Å²) < 4.78 is 32.5. The number of likely N-dealkylation sites (tertiary alicyclic amines) is 1. The van der Waals surface area contributed by atoms with E-state index in [2.05, 4.69) is 20.3 Å². The fraction of sp³-hybridized carbons (Fsp3) is 0.250. The van der Waals surface area contributed by atoms with Crippen molar-refractivity contribution in [2.75, 3.05) is 13.1 Å². The van der Waals surface area contributed by atoms with Gasteiger partial charge in [0.25, 0.3) is 5.91 Å². The van der Waals surface area contributed by atoms with E-state index in [4.69, 9.17) is 4.52 Å². The van der Waals surface area contributed by atoms with Gasteiger partial charge in [0.05, 0.1) is 11.3 Å². The molecule has 1 saturated heterocycles. The van der Waals surface area contributed by atoms with Gasteiger partial charge in [0.2, 0.25) is 11.7 Å². The maximum atomic E-state index is 14.0. The summed E-state index contributed by atoms with van der Waals surface area (Å²) in [5.41, 5.74) is 1.99. The number of carbonyl (C=O) groups excluding carboxylic acids is 1. The number of amides is 1. The van der Waals surface area contributed by atoms with Crippen LogP contribution in [-0.4, -0.2) is 44.2 Å². The first-order chi connectivity index (χ1) is 16.1. The van der Waals surface area contributed by atoms with Crippen LogP contribution in [0.4, 0.5) is 8.78 Å². The summed E-state index contributed by atoms with van der Waals surface area (Å²) in [4.78, 5) is 19.1. The molecule has 3 heterocycles. The highest BCUT2D eigenvalue weighted by Crippen LogP contribution is 2.25. The lowest BCUT2D eigenvalue weighted by atomic mass is 9.94. The molecule has 1 amide bonds. The van der Waals surface area contributed by atoms with Crippen molar-refractivity contribution in [3.8, 4) is 22.6 Å². The molecule has 7 nitrogen and oxygen atoms in total. The van der Waals surface area contributed by atoms with Gasteiger partial charge in [-0.2, -0.15) is 10.1 Å². The number of benzene rings is 2. The number of halogens is 2. The monoisotopic (exact) mass is 449 g/mol. The van der Waals surface area contributed by atoms with Crippen LogP contribution in [-0.2, 0) is 6.42 Å². The van der Waals surface area contributed by atoms with Gasteiger partial charge in [-0.05, 0) is 61.2 Å². The van der Waals surface area contributed by atoms with Gasteiger partial charge in [0.1, 0.15) is 17.3 Å². The molecule has 1 N–H and O–H groups in total. The molecule has 9 heteroatoms. The van der Waals surface area contributed by atoms with Crippen LogP contribution in [0.2, 0.25) is 0 Å².